The summed E-state index contributed by atoms with van der Waals surface area (Å²) in [6.07, 6.45) is 1.70. The van der Waals surface area contributed by atoms with Gasteiger partial charge in [-0.15, -0.1) is 0 Å². The second-order valence-electron chi connectivity index (χ2n) is 4.43. The predicted molar refractivity (Wildman–Crippen MR) is 64.4 cm³/mol. The van der Waals surface area contributed by atoms with Crippen LogP contribution in [0.2, 0.25) is 0 Å². The molecular formula is C14H18O3. The molecule has 1 aromatic rings. The van der Waals surface area contributed by atoms with Crippen LogP contribution in [-0.4, -0.2) is 18.4 Å². The molecule has 0 N–H and O–H groups in total. The lowest BCUT2D eigenvalue weighted by Gasteiger charge is -2.17. The fourth-order valence-corrected chi connectivity index (χ4v) is 2.23. The third-order valence-electron chi connectivity index (χ3n) is 3.02. The van der Waals surface area contributed by atoms with E-state index in [4.69, 9.17) is 9.47 Å². The Balaban J connectivity index is 1.98. The molecule has 17 heavy (non-hydrogen) atoms. The molecule has 0 aromatic heterocycles. The Kier molecular flexibility index (Phi) is 3.48. The van der Waals surface area contributed by atoms with Crippen LogP contribution < -0.4 is 0 Å². The smallest absolute Gasteiger partial charge is 0.305 e. The average molecular weight is 234 g/mol. The van der Waals surface area contributed by atoms with Crippen molar-refractivity contribution in [3.05, 3.63) is 35.9 Å². The number of benzene rings is 1. The quantitative estimate of drug-likeness (QED) is 0.580. The van der Waals surface area contributed by atoms with Crippen molar-refractivity contribution in [2.75, 3.05) is 6.61 Å². The fourth-order valence-electron chi connectivity index (χ4n) is 2.23. The van der Waals surface area contributed by atoms with Crippen molar-refractivity contribution in [1.82, 2.24) is 0 Å². The summed E-state index contributed by atoms with van der Waals surface area (Å²) >= 11 is 0. The van der Waals surface area contributed by atoms with E-state index in [1.807, 2.05) is 25.1 Å². The molecular weight excluding hydrogens is 216 g/mol. The largest absolute Gasteiger partial charge is 0.433 e. The van der Waals surface area contributed by atoms with Crippen molar-refractivity contribution in [2.24, 2.45) is 5.92 Å². The average Bonchev–Trinajstić information content (AvgIpc) is 2.91. The second-order valence-corrected chi connectivity index (χ2v) is 4.43. The summed E-state index contributed by atoms with van der Waals surface area (Å²) in [6, 6.07) is 10.2. The van der Waals surface area contributed by atoms with E-state index in [2.05, 4.69) is 12.1 Å². The molecule has 92 valence electrons. The van der Waals surface area contributed by atoms with Gasteiger partial charge in [0.2, 0.25) is 5.79 Å². The Hall–Kier alpha value is -1.35. The Morgan fingerprint density at radius 3 is 2.71 bits per heavy atom. The second kappa shape index (κ2) is 4.88. The van der Waals surface area contributed by atoms with Gasteiger partial charge >= 0.3 is 5.97 Å². The molecule has 0 spiro atoms. The van der Waals surface area contributed by atoms with E-state index in [1.54, 1.807) is 0 Å². The highest BCUT2D eigenvalue weighted by atomic mass is 16.7. The van der Waals surface area contributed by atoms with Crippen LogP contribution in [0.15, 0.2) is 30.3 Å². The van der Waals surface area contributed by atoms with Gasteiger partial charge in [0.25, 0.3) is 0 Å². The molecule has 2 rings (SSSR count). The van der Waals surface area contributed by atoms with E-state index in [0.717, 1.165) is 12.8 Å². The van der Waals surface area contributed by atoms with Crippen molar-refractivity contribution < 1.29 is 14.3 Å². The van der Waals surface area contributed by atoms with E-state index < -0.39 is 5.79 Å². The Bertz CT molecular complexity index is 388. The number of carbonyl (C=O) groups excluding carboxylic acids is 1. The zero-order valence-electron chi connectivity index (χ0n) is 10.3. The van der Waals surface area contributed by atoms with Crippen LogP contribution in [0, 0.1) is 5.92 Å². The van der Waals surface area contributed by atoms with E-state index in [-0.39, 0.29) is 11.9 Å². The summed E-state index contributed by atoms with van der Waals surface area (Å²) in [4.78, 5) is 11.1. The molecule has 2 atom stereocenters. The van der Waals surface area contributed by atoms with Gasteiger partial charge in [0.15, 0.2) is 0 Å². The van der Waals surface area contributed by atoms with Gasteiger partial charge < -0.3 is 9.47 Å². The van der Waals surface area contributed by atoms with Gasteiger partial charge in [-0.05, 0) is 18.9 Å². The lowest BCUT2D eigenvalue weighted by molar-refractivity contribution is -0.190. The van der Waals surface area contributed by atoms with E-state index in [1.165, 1.54) is 12.5 Å². The summed E-state index contributed by atoms with van der Waals surface area (Å²) in [5.41, 5.74) is 1.26. The topological polar surface area (TPSA) is 35.5 Å². The molecule has 0 saturated heterocycles. The standard InChI is InChI=1S/C14H18O3/c1-3-16-14(17-11(2)15)10-13(14)9-12-7-5-4-6-8-12/h4-8,13H,3,9-10H2,1-2H3/t13-,14+/m1/s1. The number of rotatable bonds is 5. The highest BCUT2D eigenvalue weighted by molar-refractivity contribution is 5.66. The highest BCUT2D eigenvalue weighted by Gasteiger charge is 2.58. The number of ether oxygens (including phenoxy) is 2. The molecule has 0 radical (unpaired) electrons. The van der Waals surface area contributed by atoms with Crippen molar-refractivity contribution in [2.45, 2.75) is 32.5 Å². The summed E-state index contributed by atoms with van der Waals surface area (Å²) < 4.78 is 10.9. The predicted octanol–water partition coefficient (Wildman–Crippen LogP) is 2.54. The molecule has 3 heteroatoms. The number of esters is 1. The lowest BCUT2D eigenvalue weighted by Crippen LogP contribution is -2.25. The van der Waals surface area contributed by atoms with Gasteiger partial charge in [-0.2, -0.15) is 0 Å². The Morgan fingerprint density at radius 1 is 1.41 bits per heavy atom. The molecule has 0 heterocycles. The third kappa shape index (κ3) is 2.86. The summed E-state index contributed by atoms with van der Waals surface area (Å²) in [6.45, 7) is 3.92. The van der Waals surface area contributed by atoms with E-state index in [9.17, 15) is 4.79 Å². The minimum absolute atomic E-state index is 0.269. The fraction of sp³-hybridized carbons (Fsp3) is 0.500. The van der Waals surface area contributed by atoms with Gasteiger partial charge in [0, 0.05) is 25.9 Å². The maximum absolute atomic E-state index is 11.1. The Morgan fingerprint density at radius 2 is 2.12 bits per heavy atom. The maximum atomic E-state index is 11.1. The van der Waals surface area contributed by atoms with Crippen LogP contribution in [0.4, 0.5) is 0 Å². The number of carbonyl (C=O) groups is 1. The first-order valence-electron chi connectivity index (χ1n) is 6.04. The summed E-state index contributed by atoms with van der Waals surface area (Å²) in [7, 11) is 0. The minimum Gasteiger partial charge on any atom is -0.433 e. The minimum atomic E-state index is -0.656. The highest BCUT2D eigenvalue weighted by Crippen LogP contribution is 2.49. The Labute approximate surface area is 102 Å². The van der Waals surface area contributed by atoms with Crippen molar-refractivity contribution in [1.29, 1.82) is 0 Å². The SMILES string of the molecule is CCO[C@]1(OC(C)=O)C[C@H]1Cc1ccccc1. The molecule has 1 saturated carbocycles. The molecule has 1 aromatic carbocycles. The molecule has 0 aliphatic heterocycles. The molecule has 3 nitrogen and oxygen atoms in total. The van der Waals surface area contributed by atoms with Gasteiger partial charge in [-0.25, -0.2) is 0 Å². The zero-order chi connectivity index (χ0) is 12.3. The van der Waals surface area contributed by atoms with Crippen LogP contribution in [-0.2, 0) is 20.7 Å². The third-order valence-corrected chi connectivity index (χ3v) is 3.02. The monoisotopic (exact) mass is 234 g/mol. The van der Waals surface area contributed by atoms with Crippen LogP contribution in [0.5, 0.6) is 0 Å². The van der Waals surface area contributed by atoms with Crippen LogP contribution in [0.25, 0.3) is 0 Å². The first-order chi connectivity index (χ1) is 8.16. The molecule has 0 unspecified atom stereocenters. The van der Waals surface area contributed by atoms with Crippen molar-refractivity contribution >= 4 is 5.97 Å². The van der Waals surface area contributed by atoms with Crippen LogP contribution >= 0.6 is 0 Å². The first-order valence-corrected chi connectivity index (χ1v) is 6.04. The van der Waals surface area contributed by atoms with Crippen LogP contribution in [0.1, 0.15) is 25.8 Å². The zero-order valence-corrected chi connectivity index (χ0v) is 10.3. The lowest BCUT2D eigenvalue weighted by atomic mass is 10.1. The van der Waals surface area contributed by atoms with Gasteiger partial charge in [0.05, 0.1) is 0 Å². The van der Waals surface area contributed by atoms with Gasteiger partial charge in [-0.1, -0.05) is 30.3 Å². The maximum Gasteiger partial charge on any atom is 0.305 e. The molecule has 1 aliphatic carbocycles. The number of hydrogen-bond donors (Lipinski definition) is 0. The molecule has 0 amide bonds. The van der Waals surface area contributed by atoms with Gasteiger partial charge in [-0.3, -0.25) is 4.79 Å². The first kappa shape index (κ1) is 12.1. The summed E-state index contributed by atoms with van der Waals surface area (Å²) in [5.74, 6) is -0.640. The van der Waals surface area contributed by atoms with Crippen LogP contribution in [0.3, 0.4) is 0 Å². The molecule has 0 bridgehead atoms. The van der Waals surface area contributed by atoms with Crippen molar-refractivity contribution in [3.8, 4) is 0 Å². The van der Waals surface area contributed by atoms with E-state index >= 15 is 0 Å². The normalized spacial score (nSPS) is 26.6. The molecule has 1 fully saturated rings. The van der Waals surface area contributed by atoms with E-state index in [0.29, 0.717) is 6.61 Å². The van der Waals surface area contributed by atoms with Gasteiger partial charge in [0.1, 0.15) is 0 Å². The van der Waals surface area contributed by atoms with Crippen molar-refractivity contribution in [3.63, 3.8) is 0 Å². The number of hydrogen-bond acceptors (Lipinski definition) is 3. The summed E-state index contributed by atoms with van der Waals surface area (Å²) in [5, 5.41) is 0. The molecule has 1 aliphatic rings.